The molecule has 0 spiro atoms. The lowest BCUT2D eigenvalue weighted by molar-refractivity contribution is 0.0488. The highest BCUT2D eigenvalue weighted by Crippen LogP contribution is 2.10. The smallest absolute Gasteiger partial charge is 0.338 e. The van der Waals surface area contributed by atoms with E-state index in [-0.39, 0.29) is 4.90 Å². The molecule has 0 saturated heterocycles. The van der Waals surface area contributed by atoms with Crippen molar-refractivity contribution in [3.8, 4) is 0 Å². The van der Waals surface area contributed by atoms with Crippen molar-refractivity contribution in [3.63, 3.8) is 0 Å². The fourth-order valence-corrected chi connectivity index (χ4v) is 2.80. The zero-order chi connectivity index (χ0) is 17.3. The predicted octanol–water partition coefficient (Wildman–Crippen LogP) is 2.00. The van der Waals surface area contributed by atoms with Crippen LogP contribution in [0.1, 0.15) is 43.5 Å². The average molecular weight is 342 g/mol. The first-order chi connectivity index (χ1) is 10.9. The van der Waals surface area contributed by atoms with Gasteiger partial charge >= 0.3 is 5.97 Å². The Hall–Kier alpha value is -1.44. The van der Waals surface area contributed by atoms with Crippen molar-refractivity contribution in [1.82, 2.24) is 4.90 Å². The second-order valence-electron chi connectivity index (χ2n) is 5.40. The molecule has 23 heavy (non-hydrogen) atoms. The fraction of sp³-hybridized carbons (Fsp3) is 0.562. The van der Waals surface area contributed by atoms with Crippen molar-refractivity contribution in [2.24, 2.45) is 5.14 Å². The maximum Gasteiger partial charge on any atom is 0.338 e. The third-order valence-corrected chi connectivity index (χ3v) is 4.28. The minimum absolute atomic E-state index is 0.0242. The average Bonchev–Trinajstić information content (AvgIpc) is 2.51. The highest BCUT2D eigenvalue weighted by molar-refractivity contribution is 7.89. The number of carbonyl (C=O) groups is 1. The van der Waals surface area contributed by atoms with E-state index in [1.807, 2.05) is 0 Å². The monoisotopic (exact) mass is 342 g/mol. The summed E-state index contributed by atoms with van der Waals surface area (Å²) in [5.41, 5.74) is 0.316. The number of primary sulfonamides is 1. The summed E-state index contributed by atoms with van der Waals surface area (Å²) in [5, 5.41) is 5.01. The van der Waals surface area contributed by atoms with Gasteiger partial charge in [-0.25, -0.2) is 18.4 Å². The summed E-state index contributed by atoms with van der Waals surface area (Å²) in [7, 11) is -3.74. The molecule has 0 heterocycles. The molecule has 0 bridgehead atoms. The Morgan fingerprint density at radius 1 is 1.09 bits per heavy atom. The third kappa shape index (κ3) is 7.11. The molecule has 130 valence electrons. The molecule has 1 rings (SSSR count). The van der Waals surface area contributed by atoms with Crippen LogP contribution in [0.25, 0.3) is 0 Å². The van der Waals surface area contributed by atoms with E-state index in [4.69, 9.17) is 9.88 Å². The Morgan fingerprint density at radius 2 is 1.65 bits per heavy atom. The van der Waals surface area contributed by atoms with Crippen LogP contribution in [0.5, 0.6) is 0 Å². The fourth-order valence-electron chi connectivity index (χ4n) is 2.28. The Morgan fingerprint density at radius 3 is 2.13 bits per heavy atom. The molecule has 1 aromatic carbocycles. The van der Waals surface area contributed by atoms with Crippen LogP contribution in [0.2, 0.25) is 0 Å². The highest BCUT2D eigenvalue weighted by atomic mass is 32.2. The first kappa shape index (κ1) is 19.6. The molecule has 0 aliphatic carbocycles. The molecule has 0 aromatic heterocycles. The molecule has 0 aliphatic heterocycles. The highest BCUT2D eigenvalue weighted by Gasteiger charge is 2.11. The van der Waals surface area contributed by atoms with Crippen molar-refractivity contribution in [3.05, 3.63) is 29.8 Å². The van der Waals surface area contributed by atoms with Crippen LogP contribution in [0, 0.1) is 0 Å². The summed E-state index contributed by atoms with van der Waals surface area (Å²) in [6, 6.07) is 5.41. The number of ether oxygens (including phenoxy) is 1. The van der Waals surface area contributed by atoms with E-state index in [1.54, 1.807) is 0 Å². The number of nitrogens with zero attached hydrogens (tertiary/aromatic N) is 1. The number of carbonyl (C=O) groups excluding carboxylic acids is 1. The molecule has 0 unspecified atom stereocenters. The Kier molecular flexibility index (Phi) is 8.22. The molecule has 0 atom stereocenters. The summed E-state index contributed by atoms with van der Waals surface area (Å²) in [6.45, 7) is 7.65. The second-order valence-corrected chi connectivity index (χ2v) is 6.96. The van der Waals surface area contributed by atoms with Crippen LogP contribution in [0.4, 0.5) is 0 Å². The van der Waals surface area contributed by atoms with Gasteiger partial charge in [-0.15, -0.1) is 0 Å². The SMILES string of the molecule is CCCN(CCC)CCCOC(=O)c1ccc(S(N)(=O)=O)cc1. The summed E-state index contributed by atoms with van der Waals surface area (Å²) >= 11 is 0. The Labute approximate surface area is 138 Å². The molecule has 0 amide bonds. The quantitative estimate of drug-likeness (QED) is 0.519. The van der Waals surface area contributed by atoms with Crippen LogP contribution in [-0.4, -0.2) is 45.5 Å². The third-order valence-electron chi connectivity index (χ3n) is 3.35. The number of hydrogen-bond acceptors (Lipinski definition) is 5. The van der Waals surface area contributed by atoms with Crippen molar-refractivity contribution >= 4 is 16.0 Å². The summed E-state index contributed by atoms with van der Waals surface area (Å²) < 4.78 is 27.5. The van der Waals surface area contributed by atoms with Crippen molar-refractivity contribution in [2.75, 3.05) is 26.2 Å². The number of sulfonamides is 1. The van der Waals surface area contributed by atoms with E-state index in [9.17, 15) is 13.2 Å². The zero-order valence-electron chi connectivity index (χ0n) is 13.8. The maximum atomic E-state index is 11.9. The molecular formula is C16H26N2O4S. The van der Waals surface area contributed by atoms with Gasteiger partial charge in [0, 0.05) is 6.54 Å². The van der Waals surface area contributed by atoms with E-state index in [1.165, 1.54) is 24.3 Å². The van der Waals surface area contributed by atoms with Crippen LogP contribution in [0.3, 0.4) is 0 Å². The number of hydrogen-bond donors (Lipinski definition) is 1. The van der Waals surface area contributed by atoms with Gasteiger partial charge in [0.15, 0.2) is 0 Å². The van der Waals surface area contributed by atoms with Crippen LogP contribution in [-0.2, 0) is 14.8 Å². The first-order valence-corrected chi connectivity index (χ1v) is 9.45. The van der Waals surface area contributed by atoms with Gasteiger partial charge < -0.3 is 9.64 Å². The number of benzene rings is 1. The minimum atomic E-state index is -3.74. The van der Waals surface area contributed by atoms with Crippen LogP contribution >= 0.6 is 0 Å². The van der Waals surface area contributed by atoms with E-state index < -0.39 is 16.0 Å². The van der Waals surface area contributed by atoms with Gasteiger partial charge in [-0.05, 0) is 56.6 Å². The lowest BCUT2D eigenvalue weighted by Crippen LogP contribution is -2.27. The summed E-state index contributed by atoms with van der Waals surface area (Å²) in [5.74, 6) is -0.455. The molecule has 2 N–H and O–H groups in total. The standard InChI is InChI=1S/C16H26N2O4S/c1-3-10-18(11-4-2)12-5-13-22-16(19)14-6-8-15(9-7-14)23(17,20)21/h6-9H,3-5,10-13H2,1-2H3,(H2,17,20,21). The summed E-state index contributed by atoms with van der Waals surface area (Å²) in [6.07, 6.45) is 2.99. The normalized spacial score (nSPS) is 11.7. The van der Waals surface area contributed by atoms with Gasteiger partial charge in [0.1, 0.15) is 0 Å². The molecule has 0 saturated carbocycles. The molecule has 0 radical (unpaired) electrons. The minimum Gasteiger partial charge on any atom is -0.462 e. The molecule has 6 nitrogen and oxygen atoms in total. The predicted molar refractivity (Wildman–Crippen MR) is 89.7 cm³/mol. The first-order valence-electron chi connectivity index (χ1n) is 7.90. The topological polar surface area (TPSA) is 89.7 Å². The van der Waals surface area contributed by atoms with Crippen molar-refractivity contribution < 1.29 is 17.9 Å². The lowest BCUT2D eigenvalue weighted by Gasteiger charge is -2.20. The molecule has 0 aliphatic rings. The molecule has 0 fully saturated rings. The Balaban J connectivity index is 2.42. The van der Waals surface area contributed by atoms with E-state index in [2.05, 4.69) is 18.7 Å². The van der Waals surface area contributed by atoms with Gasteiger partial charge in [0.25, 0.3) is 0 Å². The van der Waals surface area contributed by atoms with Crippen LogP contribution < -0.4 is 5.14 Å². The van der Waals surface area contributed by atoms with Gasteiger partial charge in [0.05, 0.1) is 17.1 Å². The molecule has 7 heteroatoms. The number of rotatable bonds is 10. The summed E-state index contributed by atoms with van der Waals surface area (Å²) in [4.78, 5) is 14.2. The van der Waals surface area contributed by atoms with Gasteiger partial charge in [-0.1, -0.05) is 13.8 Å². The van der Waals surface area contributed by atoms with Crippen molar-refractivity contribution in [2.45, 2.75) is 38.0 Å². The molecular weight excluding hydrogens is 316 g/mol. The lowest BCUT2D eigenvalue weighted by atomic mass is 10.2. The largest absolute Gasteiger partial charge is 0.462 e. The van der Waals surface area contributed by atoms with Gasteiger partial charge in [-0.3, -0.25) is 0 Å². The Bertz CT molecular complexity index is 579. The van der Waals surface area contributed by atoms with E-state index in [0.29, 0.717) is 12.2 Å². The van der Waals surface area contributed by atoms with E-state index >= 15 is 0 Å². The maximum absolute atomic E-state index is 11.9. The second kappa shape index (κ2) is 9.64. The van der Waals surface area contributed by atoms with Gasteiger partial charge in [0.2, 0.25) is 10.0 Å². The zero-order valence-corrected chi connectivity index (χ0v) is 14.6. The van der Waals surface area contributed by atoms with Crippen LogP contribution in [0.15, 0.2) is 29.2 Å². The van der Waals surface area contributed by atoms with Crippen molar-refractivity contribution in [1.29, 1.82) is 0 Å². The van der Waals surface area contributed by atoms with E-state index in [0.717, 1.165) is 38.9 Å². The number of esters is 1. The number of nitrogens with two attached hydrogens (primary N) is 1. The van der Waals surface area contributed by atoms with Gasteiger partial charge in [-0.2, -0.15) is 0 Å². The molecule has 1 aromatic rings.